The van der Waals surface area contributed by atoms with Crippen molar-refractivity contribution in [3.63, 3.8) is 0 Å². The van der Waals surface area contributed by atoms with Crippen LogP contribution in [-0.2, 0) is 4.79 Å². The monoisotopic (exact) mass is 285 g/mol. The van der Waals surface area contributed by atoms with Crippen LogP contribution in [0, 0.1) is 18.8 Å². The molecule has 0 bridgehead atoms. The van der Waals surface area contributed by atoms with Crippen LogP contribution < -0.4 is 16.4 Å². The number of aryl methyl sites for hydroxylation is 1. The highest BCUT2D eigenvalue weighted by Gasteiger charge is 2.21. The molecule has 0 aliphatic carbocycles. The number of hydrogen-bond donors (Lipinski definition) is 3. The molecule has 1 unspecified atom stereocenters. The molecule has 1 heterocycles. The molecule has 21 heavy (non-hydrogen) atoms. The zero-order chi connectivity index (χ0) is 15.2. The van der Waals surface area contributed by atoms with Crippen molar-refractivity contribution in [2.75, 3.05) is 13.1 Å². The summed E-state index contributed by atoms with van der Waals surface area (Å²) >= 11 is 0. The summed E-state index contributed by atoms with van der Waals surface area (Å²) < 4.78 is 0. The highest BCUT2D eigenvalue weighted by molar-refractivity contribution is 5.97. The van der Waals surface area contributed by atoms with Crippen LogP contribution in [0.25, 0.3) is 0 Å². The van der Waals surface area contributed by atoms with Crippen molar-refractivity contribution < 1.29 is 9.59 Å². The SMILES string of the molecule is Cc1ccc(C#CCN)c(C(=O)NC2CCC(=O)NC2)c1. The van der Waals surface area contributed by atoms with Gasteiger partial charge in [0.2, 0.25) is 5.91 Å². The Morgan fingerprint density at radius 2 is 2.33 bits per heavy atom. The van der Waals surface area contributed by atoms with E-state index in [1.165, 1.54) is 0 Å². The van der Waals surface area contributed by atoms with Gasteiger partial charge in [-0.2, -0.15) is 0 Å². The Kier molecular flexibility index (Phi) is 4.96. The molecule has 0 saturated carbocycles. The Hall–Kier alpha value is -2.32. The minimum Gasteiger partial charge on any atom is -0.354 e. The van der Waals surface area contributed by atoms with E-state index in [4.69, 9.17) is 5.73 Å². The summed E-state index contributed by atoms with van der Waals surface area (Å²) in [4.78, 5) is 23.5. The van der Waals surface area contributed by atoms with Crippen molar-refractivity contribution in [2.24, 2.45) is 5.73 Å². The highest BCUT2D eigenvalue weighted by atomic mass is 16.2. The van der Waals surface area contributed by atoms with Gasteiger partial charge in [0.05, 0.1) is 12.1 Å². The maximum absolute atomic E-state index is 12.4. The molecular weight excluding hydrogens is 266 g/mol. The maximum Gasteiger partial charge on any atom is 0.252 e. The quantitative estimate of drug-likeness (QED) is 0.684. The number of nitrogens with one attached hydrogen (secondary N) is 2. The lowest BCUT2D eigenvalue weighted by Gasteiger charge is -2.23. The number of benzene rings is 1. The second-order valence-corrected chi connectivity index (χ2v) is 5.07. The molecule has 1 saturated heterocycles. The van der Waals surface area contributed by atoms with E-state index in [1.807, 2.05) is 25.1 Å². The van der Waals surface area contributed by atoms with Crippen LogP contribution in [0.5, 0.6) is 0 Å². The van der Waals surface area contributed by atoms with Gasteiger partial charge in [-0.3, -0.25) is 9.59 Å². The molecule has 5 nitrogen and oxygen atoms in total. The molecule has 2 amide bonds. The van der Waals surface area contributed by atoms with Gasteiger partial charge in [-0.25, -0.2) is 0 Å². The van der Waals surface area contributed by atoms with Gasteiger partial charge in [-0.15, -0.1) is 0 Å². The fourth-order valence-electron chi connectivity index (χ4n) is 2.22. The van der Waals surface area contributed by atoms with E-state index in [9.17, 15) is 9.59 Å². The third-order valence-electron chi connectivity index (χ3n) is 3.35. The number of hydrogen-bond acceptors (Lipinski definition) is 3. The van der Waals surface area contributed by atoms with Crippen LogP contribution in [0.1, 0.15) is 34.3 Å². The first-order valence-corrected chi connectivity index (χ1v) is 6.97. The number of piperidine rings is 1. The van der Waals surface area contributed by atoms with Gasteiger partial charge in [-0.1, -0.05) is 23.5 Å². The van der Waals surface area contributed by atoms with Crippen molar-refractivity contribution in [3.8, 4) is 11.8 Å². The Morgan fingerprint density at radius 3 is 3.00 bits per heavy atom. The first-order chi connectivity index (χ1) is 10.1. The van der Waals surface area contributed by atoms with Gasteiger partial charge in [0.1, 0.15) is 0 Å². The first kappa shape index (κ1) is 15.1. The average Bonchev–Trinajstić information content (AvgIpc) is 2.48. The fourth-order valence-corrected chi connectivity index (χ4v) is 2.22. The molecule has 1 atom stereocenters. The number of carbonyl (C=O) groups excluding carboxylic acids is 2. The summed E-state index contributed by atoms with van der Waals surface area (Å²) in [6.45, 7) is 2.65. The molecule has 1 aromatic carbocycles. The standard InChI is InChI=1S/C16H19N3O2/c1-11-4-5-12(3-2-8-17)14(9-11)16(21)19-13-6-7-15(20)18-10-13/h4-5,9,13H,6-8,10,17H2,1H3,(H,18,20)(H,19,21). The first-order valence-electron chi connectivity index (χ1n) is 6.97. The zero-order valence-electron chi connectivity index (χ0n) is 12.0. The normalized spacial score (nSPS) is 17.4. The predicted molar refractivity (Wildman–Crippen MR) is 80.6 cm³/mol. The van der Waals surface area contributed by atoms with E-state index in [0.29, 0.717) is 30.5 Å². The highest BCUT2D eigenvalue weighted by Crippen LogP contribution is 2.12. The smallest absolute Gasteiger partial charge is 0.252 e. The lowest BCUT2D eigenvalue weighted by molar-refractivity contribution is -0.122. The Morgan fingerprint density at radius 1 is 1.52 bits per heavy atom. The fraction of sp³-hybridized carbons (Fsp3) is 0.375. The average molecular weight is 285 g/mol. The van der Waals surface area contributed by atoms with Crippen LogP contribution in [0.15, 0.2) is 18.2 Å². The summed E-state index contributed by atoms with van der Waals surface area (Å²) in [5.74, 6) is 5.56. The predicted octanol–water partition coefficient (Wildman–Crippen LogP) is 0.314. The molecule has 0 radical (unpaired) electrons. The molecule has 2 rings (SSSR count). The van der Waals surface area contributed by atoms with E-state index in [2.05, 4.69) is 22.5 Å². The van der Waals surface area contributed by atoms with E-state index < -0.39 is 0 Å². The van der Waals surface area contributed by atoms with E-state index >= 15 is 0 Å². The number of carbonyl (C=O) groups is 2. The van der Waals surface area contributed by atoms with Gasteiger partial charge in [0, 0.05) is 24.6 Å². The third-order valence-corrected chi connectivity index (χ3v) is 3.35. The molecule has 110 valence electrons. The van der Waals surface area contributed by atoms with Crippen molar-refractivity contribution in [2.45, 2.75) is 25.8 Å². The van der Waals surface area contributed by atoms with E-state index in [1.54, 1.807) is 0 Å². The number of amides is 2. The van der Waals surface area contributed by atoms with Crippen LogP contribution >= 0.6 is 0 Å². The van der Waals surface area contributed by atoms with Crippen LogP contribution in [0.4, 0.5) is 0 Å². The largest absolute Gasteiger partial charge is 0.354 e. The van der Waals surface area contributed by atoms with Crippen LogP contribution in [-0.4, -0.2) is 30.9 Å². The topological polar surface area (TPSA) is 84.2 Å². The second kappa shape index (κ2) is 6.91. The third kappa shape index (κ3) is 4.07. The van der Waals surface area contributed by atoms with E-state index in [-0.39, 0.29) is 24.4 Å². The van der Waals surface area contributed by atoms with Crippen molar-refractivity contribution in [1.29, 1.82) is 0 Å². The summed E-state index contributed by atoms with van der Waals surface area (Å²) in [6, 6.07) is 5.52. The minimum atomic E-state index is -0.166. The van der Waals surface area contributed by atoms with Gasteiger partial charge in [0.15, 0.2) is 0 Å². The molecule has 1 aromatic rings. The van der Waals surface area contributed by atoms with Gasteiger partial charge < -0.3 is 16.4 Å². The molecular formula is C16H19N3O2. The molecule has 1 aliphatic heterocycles. The Labute approximate surface area is 124 Å². The lowest BCUT2D eigenvalue weighted by Crippen LogP contribution is -2.47. The Bertz CT molecular complexity index is 604. The van der Waals surface area contributed by atoms with Crippen LogP contribution in [0.2, 0.25) is 0 Å². The van der Waals surface area contributed by atoms with Crippen molar-refractivity contribution in [1.82, 2.24) is 10.6 Å². The van der Waals surface area contributed by atoms with Gasteiger partial charge in [-0.05, 0) is 25.5 Å². The number of rotatable bonds is 2. The lowest BCUT2D eigenvalue weighted by atomic mass is 10.0. The Balaban J connectivity index is 2.14. The molecule has 1 fully saturated rings. The summed E-state index contributed by atoms with van der Waals surface area (Å²) in [7, 11) is 0. The van der Waals surface area contributed by atoms with Crippen molar-refractivity contribution in [3.05, 3.63) is 34.9 Å². The molecule has 0 aromatic heterocycles. The maximum atomic E-state index is 12.4. The number of nitrogens with two attached hydrogens (primary N) is 1. The molecule has 5 heteroatoms. The van der Waals surface area contributed by atoms with Crippen molar-refractivity contribution >= 4 is 11.8 Å². The van der Waals surface area contributed by atoms with Gasteiger partial charge >= 0.3 is 0 Å². The van der Waals surface area contributed by atoms with E-state index in [0.717, 1.165) is 5.56 Å². The molecule has 0 spiro atoms. The molecule has 4 N–H and O–H groups in total. The minimum absolute atomic E-state index is 0.0329. The second-order valence-electron chi connectivity index (χ2n) is 5.07. The molecule has 1 aliphatic rings. The van der Waals surface area contributed by atoms with Crippen LogP contribution in [0.3, 0.4) is 0 Å². The summed E-state index contributed by atoms with van der Waals surface area (Å²) in [6.07, 6.45) is 1.10. The summed E-state index contributed by atoms with van der Waals surface area (Å²) in [5, 5.41) is 5.70. The summed E-state index contributed by atoms with van der Waals surface area (Å²) in [5.41, 5.74) is 7.59. The zero-order valence-corrected chi connectivity index (χ0v) is 12.0. The van der Waals surface area contributed by atoms with Gasteiger partial charge in [0.25, 0.3) is 5.91 Å².